The molecule has 0 unspecified atom stereocenters. The van der Waals surface area contributed by atoms with E-state index in [1.54, 1.807) is 13.1 Å². The van der Waals surface area contributed by atoms with Crippen molar-refractivity contribution >= 4 is 37.4 Å². The van der Waals surface area contributed by atoms with Crippen molar-refractivity contribution in [2.24, 2.45) is 0 Å². The summed E-state index contributed by atoms with van der Waals surface area (Å²) in [6.45, 7) is 3.57. The van der Waals surface area contributed by atoms with Crippen LogP contribution in [0.1, 0.15) is 27.0 Å². The van der Waals surface area contributed by atoms with Crippen LogP contribution in [0.15, 0.2) is 6.20 Å². The fourth-order valence-electron chi connectivity index (χ4n) is 1.86. The number of phosphoric ester groups is 1. The van der Waals surface area contributed by atoms with Crippen LogP contribution in [0.2, 0.25) is 0 Å². The molecule has 128 valence electrons. The smallest absolute Gasteiger partial charge is 0.383 e. The van der Waals surface area contributed by atoms with Crippen molar-refractivity contribution in [3.8, 4) is 0 Å². The third-order valence-electron chi connectivity index (χ3n) is 2.89. The van der Waals surface area contributed by atoms with E-state index in [0.29, 0.717) is 24.5 Å². The number of phosphoric acid groups is 1. The first kappa shape index (κ1) is 20.0. The molecule has 0 aromatic carbocycles. The zero-order valence-electron chi connectivity index (χ0n) is 12.6. The fourth-order valence-corrected chi connectivity index (χ4v) is 3.27. The molecule has 8 nitrogen and oxygen atoms in total. The molecule has 4 N–H and O–H groups in total. The molecule has 0 aliphatic carbocycles. The maximum Gasteiger partial charge on any atom is 0.469 e. The number of thiazole rings is 1. The van der Waals surface area contributed by atoms with Gasteiger partial charge in [0.1, 0.15) is 11.6 Å². The lowest BCUT2D eigenvalue weighted by atomic mass is 10.2. The summed E-state index contributed by atoms with van der Waals surface area (Å²) < 4.78 is 15.1. The van der Waals surface area contributed by atoms with Crippen molar-refractivity contribution in [3.05, 3.63) is 33.2 Å². The summed E-state index contributed by atoms with van der Waals surface area (Å²) in [5, 5.41) is 0.850. The Morgan fingerprint density at radius 3 is 2.65 bits per heavy atom. The third kappa shape index (κ3) is 6.14. The first-order valence-electron chi connectivity index (χ1n) is 6.48. The summed E-state index contributed by atoms with van der Waals surface area (Å²) in [5.41, 5.74) is 7.48. The molecule has 0 spiro atoms. The summed E-state index contributed by atoms with van der Waals surface area (Å²) in [6, 6.07) is 0. The van der Waals surface area contributed by atoms with E-state index in [1.165, 1.54) is 11.3 Å². The number of halogens is 1. The highest BCUT2D eigenvalue weighted by molar-refractivity contribution is 7.46. The molecule has 0 aliphatic heterocycles. The Morgan fingerprint density at radius 2 is 2.04 bits per heavy atom. The van der Waals surface area contributed by atoms with E-state index in [0.717, 1.165) is 21.1 Å². The van der Waals surface area contributed by atoms with Gasteiger partial charge in [-0.1, -0.05) is 0 Å². The molecule has 2 rings (SSSR count). The van der Waals surface area contributed by atoms with Crippen LogP contribution in [0.5, 0.6) is 0 Å². The summed E-state index contributed by atoms with van der Waals surface area (Å²) in [6.07, 6.45) is 2.61. The zero-order valence-corrected chi connectivity index (χ0v) is 15.1. The van der Waals surface area contributed by atoms with Gasteiger partial charge in [0.05, 0.1) is 17.3 Å². The van der Waals surface area contributed by atoms with Crippen LogP contribution in [-0.4, -0.2) is 31.3 Å². The molecule has 0 saturated carbocycles. The summed E-state index contributed by atoms with van der Waals surface area (Å²) in [4.78, 5) is 30.9. The maximum absolute atomic E-state index is 10.6. The van der Waals surface area contributed by atoms with Crippen molar-refractivity contribution in [1.29, 1.82) is 0 Å². The maximum atomic E-state index is 10.6. The summed E-state index contributed by atoms with van der Waals surface area (Å²) in [5.74, 6) is 1.05. The molecule has 11 heteroatoms. The number of nitrogens with two attached hydrogens (primary N) is 1. The molecule has 0 bridgehead atoms. The number of anilines is 1. The molecule has 0 fully saturated rings. The third-order valence-corrected chi connectivity index (χ3v) is 4.62. The Bertz CT molecular complexity index is 721. The summed E-state index contributed by atoms with van der Waals surface area (Å²) >= 11 is 1.46. The van der Waals surface area contributed by atoms with Crippen LogP contribution in [0, 0.1) is 13.8 Å². The number of rotatable bonds is 6. The molecule has 0 amide bonds. The van der Waals surface area contributed by atoms with Gasteiger partial charge in [0.2, 0.25) is 0 Å². The molecule has 23 heavy (non-hydrogen) atoms. The summed E-state index contributed by atoms with van der Waals surface area (Å²) in [7, 11) is -4.43. The number of hydrogen-bond donors (Lipinski definition) is 3. The second-order valence-corrected chi connectivity index (χ2v) is 7.10. The second-order valence-electron chi connectivity index (χ2n) is 4.69. The van der Waals surface area contributed by atoms with E-state index >= 15 is 0 Å². The highest BCUT2D eigenvalue weighted by atomic mass is 35.5. The molecule has 0 saturated heterocycles. The molecule has 2 aromatic heterocycles. The van der Waals surface area contributed by atoms with Crippen LogP contribution in [0.4, 0.5) is 5.82 Å². The van der Waals surface area contributed by atoms with Crippen LogP contribution in [0.3, 0.4) is 0 Å². The number of aryl methyl sites for hydroxylation is 2. The van der Waals surface area contributed by atoms with Gasteiger partial charge in [0.15, 0.2) is 0 Å². The van der Waals surface area contributed by atoms with Gasteiger partial charge in [-0.2, -0.15) is 0 Å². The Morgan fingerprint density at radius 1 is 1.35 bits per heavy atom. The van der Waals surface area contributed by atoms with Crippen molar-refractivity contribution in [1.82, 2.24) is 15.0 Å². The first-order chi connectivity index (χ1) is 10.2. The normalized spacial score (nSPS) is 11.3. The van der Waals surface area contributed by atoms with E-state index < -0.39 is 7.82 Å². The van der Waals surface area contributed by atoms with E-state index in [1.807, 2.05) is 6.92 Å². The number of nitrogen functional groups attached to an aromatic ring is 1. The van der Waals surface area contributed by atoms with E-state index in [9.17, 15) is 4.57 Å². The van der Waals surface area contributed by atoms with Crippen LogP contribution >= 0.6 is 31.6 Å². The standard InChI is InChI=1S/C12H17N4O4PS.ClH/c1-7-10(3-4-20-21(17,18)19)22-11(15-7)5-9-6-14-8(2)16-12(9)13;/h6H,3-5H2,1-2H3,(H2,13,14,16)(H2,17,18,19);1H. The number of hydrogen-bond acceptors (Lipinski definition) is 7. The quantitative estimate of drug-likeness (QED) is 0.646. The van der Waals surface area contributed by atoms with Gasteiger partial charge in [-0.05, 0) is 13.8 Å². The Balaban J connectivity index is 0.00000264. The molecular weight excluding hydrogens is 363 g/mol. The largest absolute Gasteiger partial charge is 0.469 e. The molecule has 2 aromatic rings. The lowest BCUT2D eigenvalue weighted by Gasteiger charge is -2.03. The minimum Gasteiger partial charge on any atom is -0.383 e. The van der Waals surface area contributed by atoms with Gasteiger partial charge in [-0.15, -0.1) is 23.7 Å². The number of aromatic nitrogens is 3. The monoisotopic (exact) mass is 380 g/mol. The molecular formula is C12H18ClN4O4PS. The second kappa shape index (κ2) is 8.14. The van der Waals surface area contributed by atoms with Crippen LogP contribution in [-0.2, 0) is 21.9 Å². The van der Waals surface area contributed by atoms with E-state index in [-0.39, 0.29) is 19.0 Å². The Labute approximate surface area is 143 Å². The van der Waals surface area contributed by atoms with Crippen molar-refractivity contribution < 1.29 is 18.9 Å². The number of nitrogens with zero attached hydrogens (tertiary/aromatic N) is 3. The Kier molecular flexibility index (Phi) is 7.06. The van der Waals surface area contributed by atoms with Crippen molar-refractivity contribution in [2.75, 3.05) is 12.3 Å². The SMILES string of the molecule is Cc1ncc(Cc2nc(C)c(CCOP(=O)(O)O)s2)c(N)n1.Cl. The fraction of sp³-hybridized carbons (Fsp3) is 0.417. The topological polar surface area (TPSA) is 131 Å². The Hall–Kier alpha value is -1.09. The van der Waals surface area contributed by atoms with Gasteiger partial charge in [0, 0.05) is 29.5 Å². The van der Waals surface area contributed by atoms with Gasteiger partial charge < -0.3 is 15.5 Å². The first-order valence-corrected chi connectivity index (χ1v) is 8.82. The molecule has 2 heterocycles. The highest BCUT2D eigenvalue weighted by Crippen LogP contribution is 2.36. The molecule has 0 aliphatic rings. The van der Waals surface area contributed by atoms with E-state index in [4.69, 9.17) is 15.5 Å². The van der Waals surface area contributed by atoms with Gasteiger partial charge in [-0.3, -0.25) is 4.52 Å². The van der Waals surface area contributed by atoms with Crippen LogP contribution in [0.25, 0.3) is 0 Å². The van der Waals surface area contributed by atoms with Crippen molar-refractivity contribution in [2.45, 2.75) is 26.7 Å². The lowest BCUT2D eigenvalue weighted by molar-refractivity contribution is 0.199. The van der Waals surface area contributed by atoms with Crippen LogP contribution < -0.4 is 5.73 Å². The molecule has 0 atom stereocenters. The predicted octanol–water partition coefficient (Wildman–Crippen LogP) is 1.80. The average molecular weight is 381 g/mol. The minimum absolute atomic E-state index is 0. The predicted molar refractivity (Wildman–Crippen MR) is 89.8 cm³/mol. The molecule has 0 radical (unpaired) electrons. The zero-order chi connectivity index (χ0) is 16.3. The highest BCUT2D eigenvalue weighted by Gasteiger charge is 2.15. The van der Waals surface area contributed by atoms with Gasteiger partial charge >= 0.3 is 7.82 Å². The van der Waals surface area contributed by atoms with Gasteiger partial charge in [0.25, 0.3) is 0 Å². The van der Waals surface area contributed by atoms with Gasteiger partial charge in [-0.25, -0.2) is 19.5 Å². The van der Waals surface area contributed by atoms with Crippen molar-refractivity contribution in [3.63, 3.8) is 0 Å². The minimum atomic E-state index is -4.43. The lowest BCUT2D eigenvalue weighted by Crippen LogP contribution is -2.01. The van der Waals surface area contributed by atoms with E-state index in [2.05, 4.69) is 19.5 Å². The average Bonchev–Trinajstić information content (AvgIpc) is 2.72.